The van der Waals surface area contributed by atoms with Crippen LogP contribution in [-0.2, 0) is 0 Å². The molecule has 0 radical (unpaired) electrons. The molecular formula is C18H16ClN5O2. The Kier molecular flexibility index (Phi) is 4.99. The molecular weight excluding hydrogens is 354 g/mol. The van der Waals surface area contributed by atoms with Gasteiger partial charge in [-0.2, -0.15) is 0 Å². The monoisotopic (exact) mass is 369 g/mol. The molecule has 26 heavy (non-hydrogen) atoms. The summed E-state index contributed by atoms with van der Waals surface area (Å²) in [5.41, 5.74) is 2.90. The maximum atomic E-state index is 11.7. The fourth-order valence-electron chi connectivity index (χ4n) is 2.46. The maximum Gasteiger partial charge on any atom is 0.353 e. The van der Waals surface area contributed by atoms with Gasteiger partial charge in [-0.15, -0.1) is 0 Å². The van der Waals surface area contributed by atoms with Gasteiger partial charge in [-0.1, -0.05) is 29.8 Å². The fraction of sp³-hybridized carbons (Fsp3) is 0.111. The minimum absolute atomic E-state index is 0.0884. The minimum atomic E-state index is -0.514. The highest BCUT2D eigenvalue weighted by Crippen LogP contribution is 2.34. The molecule has 0 spiro atoms. The normalized spacial score (nSPS) is 10.4. The smallest absolute Gasteiger partial charge is 0.334 e. The highest BCUT2D eigenvalue weighted by molar-refractivity contribution is 6.31. The van der Waals surface area contributed by atoms with E-state index in [1.807, 2.05) is 38.1 Å². The van der Waals surface area contributed by atoms with Crippen LogP contribution in [-0.4, -0.2) is 14.9 Å². The van der Waals surface area contributed by atoms with Crippen molar-refractivity contribution in [1.29, 1.82) is 0 Å². The zero-order valence-electron chi connectivity index (χ0n) is 14.2. The minimum Gasteiger partial charge on any atom is -0.334 e. The van der Waals surface area contributed by atoms with Crippen LogP contribution in [0.25, 0.3) is 0 Å². The lowest BCUT2D eigenvalue weighted by Crippen LogP contribution is -2.06. The fourth-order valence-corrected chi connectivity index (χ4v) is 2.64. The van der Waals surface area contributed by atoms with Gasteiger partial charge in [0.15, 0.2) is 0 Å². The number of rotatable bonds is 5. The molecule has 0 aliphatic rings. The third-order valence-electron chi connectivity index (χ3n) is 3.81. The van der Waals surface area contributed by atoms with E-state index in [9.17, 15) is 10.1 Å². The number of hydrogen-bond acceptors (Lipinski definition) is 6. The number of benzene rings is 2. The highest BCUT2D eigenvalue weighted by atomic mass is 35.5. The number of hydrogen-bond donors (Lipinski definition) is 2. The van der Waals surface area contributed by atoms with Crippen molar-refractivity contribution in [3.05, 3.63) is 75.1 Å². The molecule has 7 nitrogen and oxygen atoms in total. The Morgan fingerprint density at radius 1 is 1.04 bits per heavy atom. The number of aryl methyl sites for hydroxylation is 1. The zero-order chi connectivity index (χ0) is 18.7. The summed E-state index contributed by atoms with van der Waals surface area (Å²) in [4.78, 5) is 19.2. The van der Waals surface area contributed by atoms with Gasteiger partial charge in [0.05, 0.1) is 4.92 Å². The van der Waals surface area contributed by atoms with Crippen LogP contribution in [0, 0.1) is 24.0 Å². The van der Waals surface area contributed by atoms with Crippen LogP contribution in [0.4, 0.5) is 28.7 Å². The molecule has 3 aromatic rings. The van der Waals surface area contributed by atoms with E-state index in [0.29, 0.717) is 16.4 Å². The average Bonchev–Trinajstić information content (AvgIpc) is 2.59. The van der Waals surface area contributed by atoms with Crippen molar-refractivity contribution in [3.8, 4) is 0 Å². The van der Waals surface area contributed by atoms with Gasteiger partial charge in [-0.3, -0.25) is 10.1 Å². The van der Waals surface area contributed by atoms with Gasteiger partial charge in [-0.05, 0) is 49.2 Å². The molecule has 0 bridgehead atoms. The van der Waals surface area contributed by atoms with Crippen LogP contribution in [0.1, 0.15) is 11.1 Å². The molecule has 0 fully saturated rings. The number of nitrogens with one attached hydrogen (secondary N) is 2. The number of nitrogens with zero attached hydrogens (tertiary/aromatic N) is 3. The molecule has 0 saturated carbocycles. The van der Waals surface area contributed by atoms with Crippen molar-refractivity contribution in [1.82, 2.24) is 9.97 Å². The second kappa shape index (κ2) is 7.37. The number of anilines is 4. The molecule has 3 rings (SSSR count). The first-order chi connectivity index (χ1) is 12.5. The Morgan fingerprint density at radius 3 is 2.42 bits per heavy atom. The van der Waals surface area contributed by atoms with E-state index in [0.717, 1.165) is 11.1 Å². The van der Waals surface area contributed by atoms with E-state index in [4.69, 9.17) is 11.6 Å². The summed E-state index contributed by atoms with van der Waals surface area (Å²) >= 11 is 6.12. The molecule has 0 aliphatic carbocycles. The van der Waals surface area contributed by atoms with Crippen molar-refractivity contribution in [2.24, 2.45) is 0 Å². The summed E-state index contributed by atoms with van der Waals surface area (Å²) in [6.07, 6.45) is 1.27. The number of halogens is 1. The third kappa shape index (κ3) is 3.73. The van der Waals surface area contributed by atoms with Gasteiger partial charge in [0, 0.05) is 16.4 Å². The van der Waals surface area contributed by atoms with E-state index in [1.54, 1.807) is 18.2 Å². The largest absolute Gasteiger partial charge is 0.353 e. The van der Waals surface area contributed by atoms with Gasteiger partial charge in [0.1, 0.15) is 6.33 Å². The summed E-state index contributed by atoms with van der Waals surface area (Å²) in [6.45, 7) is 3.76. The van der Waals surface area contributed by atoms with E-state index in [2.05, 4.69) is 20.6 Å². The van der Waals surface area contributed by atoms with Crippen LogP contribution < -0.4 is 10.6 Å². The Hall–Kier alpha value is -3.19. The quantitative estimate of drug-likeness (QED) is 0.477. The molecule has 0 saturated heterocycles. The molecule has 2 N–H and O–H groups in total. The van der Waals surface area contributed by atoms with Crippen LogP contribution >= 0.6 is 11.6 Å². The second-order valence-corrected chi connectivity index (χ2v) is 6.12. The van der Waals surface area contributed by atoms with Crippen LogP contribution in [0.2, 0.25) is 5.02 Å². The Bertz CT molecular complexity index is 978. The van der Waals surface area contributed by atoms with E-state index < -0.39 is 4.92 Å². The number of aromatic nitrogens is 2. The SMILES string of the molecule is Cc1cccc(Nc2ncnc(Nc3cccc(Cl)c3C)c2[N+](=O)[O-])c1. The van der Waals surface area contributed by atoms with Crippen LogP contribution in [0.15, 0.2) is 48.8 Å². The lowest BCUT2D eigenvalue weighted by atomic mass is 10.2. The zero-order valence-corrected chi connectivity index (χ0v) is 14.9. The first-order valence-electron chi connectivity index (χ1n) is 7.81. The first-order valence-corrected chi connectivity index (χ1v) is 8.18. The van der Waals surface area contributed by atoms with Gasteiger partial charge < -0.3 is 10.6 Å². The molecule has 0 amide bonds. The van der Waals surface area contributed by atoms with Crippen molar-refractivity contribution >= 4 is 40.3 Å². The van der Waals surface area contributed by atoms with Crippen molar-refractivity contribution in [3.63, 3.8) is 0 Å². The topological polar surface area (TPSA) is 93.0 Å². The molecule has 0 atom stereocenters. The van der Waals surface area contributed by atoms with Crippen molar-refractivity contribution < 1.29 is 4.92 Å². The molecule has 1 aromatic heterocycles. The van der Waals surface area contributed by atoms with E-state index in [-0.39, 0.29) is 17.3 Å². The lowest BCUT2D eigenvalue weighted by molar-refractivity contribution is -0.383. The third-order valence-corrected chi connectivity index (χ3v) is 4.22. The summed E-state index contributed by atoms with van der Waals surface area (Å²) in [5, 5.41) is 18.2. The van der Waals surface area contributed by atoms with Crippen LogP contribution in [0.5, 0.6) is 0 Å². The summed E-state index contributed by atoms with van der Waals surface area (Å²) in [6, 6.07) is 12.8. The summed E-state index contributed by atoms with van der Waals surface area (Å²) in [7, 11) is 0. The van der Waals surface area contributed by atoms with E-state index >= 15 is 0 Å². The van der Waals surface area contributed by atoms with Gasteiger partial charge >= 0.3 is 5.69 Å². The molecule has 0 unspecified atom stereocenters. The van der Waals surface area contributed by atoms with Gasteiger partial charge in [-0.25, -0.2) is 9.97 Å². The summed E-state index contributed by atoms with van der Waals surface area (Å²) < 4.78 is 0. The summed E-state index contributed by atoms with van der Waals surface area (Å²) in [5.74, 6) is 0.198. The maximum absolute atomic E-state index is 11.7. The molecule has 8 heteroatoms. The van der Waals surface area contributed by atoms with Gasteiger partial charge in [0.2, 0.25) is 11.6 Å². The molecule has 2 aromatic carbocycles. The predicted molar refractivity (Wildman–Crippen MR) is 103 cm³/mol. The lowest BCUT2D eigenvalue weighted by Gasteiger charge is -2.12. The average molecular weight is 370 g/mol. The standard InChI is InChI=1S/C18H16ClN5O2/c1-11-5-3-6-13(9-11)22-17-16(24(25)26)18(21-10-20-17)23-15-8-4-7-14(19)12(15)2/h3-10H,1-2H3,(H2,20,21,22,23). The number of nitro groups is 1. The highest BCUT2D eigenvalue weighted by Gasteiger charge is 2.23. The molecule has 0 aliphatic heterocycles. The van der Waals surface area contributed by atoms with E-state index in [1.165, 1.54) is 6.33 Å². The Balaban J connectivity index is 2.01. The molecule has 1 heterocycles. The van der Waals surface area contributed by atoms with Crippen molar-refractivity contribution in [2.75, 3.05) is 10.6 Å². The second-order valence-electron chi connectivity index (χ2n) is 5.71. The van der Waals surface area contributed by atoms with Gasteiger partial charge in [0.25, 0.3) is 0 Å². The predicted octanol–water partition coefficient (Wildman–Crippen LogP) is 5.14. The molecule has 132 valence electrons. The van der Waals surface area contributed by atoms with Crippen molar-refractivity contribution in [2.45, 2.75) is 13.8 Å². The first kappa shape index (κ1) is 17.6. The van der Waals surface area contributed by atoms with Crippen LogP contribution in [0.3, 0.4) is 0 Å². The Labute approximate surface area is 155 Å². The Morgan fingerprint density at radius 2 is 1.73 bits per heavy atom.